The Kier molecular flexibility index (Phi) is 19.7. The number of rotatable bonds is 24. The summed E-state index contributed by atoms with van der Waals surface area (Å²) >= 11 is 0. The molecule has 0 heterocycles. The number of unbranched alkanes of at least 4 members (excludes halogenated alkanes) is 13. The second-order valence-electron chi connectivity index (χ2n) is 11.3. The van der Waals surface area contributed by atoms with Crippen LogP contribution in [0, 0.1) is 0 Å². The van der Waals surface area contributed by atoms with Crippen LogP contribution in [-0.4, -0.2) is 38.9 Å². The van der Waals surface area contributed by atoms with Gasteiger partial charge in [0.15, 0.2) is 0 Å². The first kappa shape index (κ1) is 32.7. The summed E-state index contributed by atoms with van der Waals surface area (Å²) in [6.45, 7) is 8.78. The zero-order chi connectivity index (χ0) is 26.3. The molecule has 1 aromatic carbocycles. The molecule has 4 nitrogen and oxygen atoms in total. The second kappa shape index (κ2) is 21.7. The summed E-state index contributed by atoms with van der Waals surface area (Å²) in [7, 11) is -0.897. The van der Waals surface area contributed by atoms with E-state index in [9.17, 15) is 4.79 Å². The van der Waals surface area contributed by atoms with Crippen LogP contribution in [0.15, 0.2) is 24.3 Å². The Morgan fingerprint density at radius 2 is 1.25 bits per heavy atom. The number of carbonyl (C=O) groups excluding carboxylic acids is 1. The van der Waals surface area contributed by atoms with Gasteiger partial charge in [-0.1, -0.05) is 122 Å². The van der Waals surface area contributed by atoms with Gasteiger partial charge < -0.3 is 15.2 Å². The molecule has 0 unspecified atom stereocenters. The number of hydrogen-bond acceptors (Lipinski definition) is 4. The van der Waals surface area contributed by atoms with Gasteiger partial charge in [0.25, 0.3) is 0 Å². The van der Waals surface area contributed by atoms with Gasteiger partial charge in [-0.3, -0.25) is 0 Å². The standard InChI is InChI=1S/C31H57NO3Si/c1-4-5-17-27-36(2,3)28-18-15-13-11-9-7-6-8-10-12-14-16-24-32-30-22-20-29(21-23-30)31(34)35-26-19-25-33/h20-23,32-33H,4-19,24-28H2,1-3H3. The van der Waals surface area contributed by atoms with Crippen molar-refractivity contribution in [3.63, 3.8) is 0 Å². The molecule has 1 aromatic rings. The van der Waals surface area contributed by atoms with Crippen LogP contribution in [0.1, 0.15) is 120 Å². The van der Waals surface area contributed by atoms with Crippen molar-refractivity contribution < 1.29 is 14.6 Å². The summed E-state index contributed by atoms with van der Waals surface area (Å²) < 4.78 is 5.10. The van der Waals surface area contributed by atoms with E-state index in [1.807, 2.05) is 12.1 Å². The molecule has 0 aliphatic heterocycles. The molecule has 0 radical (unpaired) electrons. The zero-order valence-electron chi connectivity index (χ0n) is 23.9. The molecule has 0 aliphatic carbocycles. The highest BCUT2D eigenvalue weighted by molar-refractivity contribution is 6.77. The largest absolute Gasteiger partial charge is 0.462 e. The topological polar surface area (TPSA) is 58.6 Å². The van der Waals surface area contributed by atoms with Crippen LogP contribution in [0.5, 0.6) is 0 Å². The van der Waals surface area contributed by atoms with Crippen molar-refractivity contribution >= 4 is 19.7 Å². The fourth-order valence-corrected chi connectivity index (χ4v) is 7.41. The number of benzene rings is 1. The number of carbonyl (C=O) groups is 1. The van der Waals surface area contributed by atoms with Gasteiger partial charge in [-0.05, 0) is 30.7 Å². The van der Waals surface area contributed by atoms with Crippen molar-refractivity contribution in [2.45, 2.75) is 135 Å². The van der Waals surface area contributed by atoms with E-state index < -0.39 is 8.07 Å². The third kappa shape index (κ3) is 18.0. The van der Waals surface area contributed by atoms with E-state index in [0.717, 1.165) is 12.2 Å². The van der Waals surface area contributed by atoms with E-state index in [1.54, 1.807) is 18.2 Å². The molecular formula is C31H57NO3Si. The lowest BCUT2D eigenvalue weighted by molar-refractivity contribution is 0.0482. The van der Waals surface area contributed by atoms with Crippen molar-refractivity contribution in [1.82, 2.24) is 0 Å². The minimum Gasteiger partial charge on any atom is -0.462 e. The summed E-state index contributed by atoms with van der Waals surface area (Å²) in [5.41, 5.74) is 1.59. The van der Waals surface area contributed by atoms with Crippen LogP contribution in [-0.2, 0) is 4.74 Å². The average Bonchev–Trinajstić information content (AvgIpc) is 2.87. The summed E-state index contributed by atoms with van der Waals surface area (Å²) in [5.74, 6) is -0.330. The van der Waals surface area contributed by atoms with Crippen LogP contribution in [0.2, 0.25) is 25.2 Å². The van der Waals surface area contributed by atoms with Crippen molar-refractivity contribution in [2.24, 2.45) is 0 Å². The van der Waals surface area contributed by atoms with E-state index in [0.29, 0.717) is 12.0 Å². The molecule has 0 saturated heterocycles. The molecular weight excluding hydrogens is 462 g/mol. The first-order valence-electron chi connectivity index (χ1n) is 15.1. The fourth-order valence-electron chi connectivity index (χ4n) is 4.74. The molecule has 0 saturated carbocycles. The number of aliphatic hydroxyl groups excluding tert-OH is 1. The maximum atomic E-state index is 11.9. The molecule has 1 rings (SSSR count). The SMILES string of the molecule is CCCCC[Si](C)(C)CCCCCCCCCCCCCCNc1ccc(C(=O)OCCCO)cc1. The van der Waals surface area contributed by atoms with E-state index in [4.69, 9.17) is 9.84 Å². The Balaban J connectivity index is 1.88. The Morgan fingerprint density at radius 3 is 1.78 bits per heavy atom. The molecule has 5 heteroatoms. The molecule has 0 aliphatic rings. The van der Waals surface area contributed by atoms with E-state index in [-0.39, 0.29) is 19.2 Å². The molecule has 0 amide bonds. The van der Waals surface area contributed by atoms with Gasteiger partial charge in [0, 0.05) is 33.3 Å². The Labute approximate surface area is 224 Å². The van der Waals surface area contributed by atoms with Crippen molar-refractivity contribution in [3.8, 4) is 0 Å². The highest BCUT2D eigenvalue weighted by atomic mass is 28.3. The zero-order valence-corrected chi connectivity index (χ0v) is 24.9. The predicted molar refractivity (Wildman–Crippen MR) is 159 cm³/mol. The van der Waals surface area contributed by atoms with Gasteiger partial charge in [0.2, 0.25) is 0 Å². The summed E-state index contributed by atoms with van der Waals surface area (Å²) in [5, 5.41) is 12.2. The highest BCUT2D eigenvalue weighted by Crippen LogP contribution is 2.23. The summed E-state index contributed by atoms with van der Waals surface area (Å²) in [4.78, 5) is 11.9. The van der Waals surface area contributed by atoms with Crippen LogP contribution < -0.4 is 5.32 Å². The van der Waals surface area contributed by atoms with Gasteiger partial charge in [0.05, 0.1) is 12.2 Å². The monoisotopic (exact) mass is 519 g/mol. The minimum atomic E-state index is -0.897. The van der Waals surface area contributed by atoms with E-state index in [2.05, 4.69) is 25.3 Å². The molecule has 0 atom stereocenters. The Bertz CT molecular complexity index is 648. The molecule has 0 fully saturated rings. The van der Waals surface area contributed by atoms with Gasteiger partial charge in [-0.15, -0.1) is 0 Å². The normalized spacial score (nSPS) is 11.6. The van der Waals surface area contributed by atoms with Crippen molar-refractivity contribution in [3.05, 3.63) is 29.8 Å². The number of nitrogens with one attached hydrogen (secondary N) is 1. The second-order valence-corrected chi connectivity index (χ2v) is 16.7. The summed E-state index contributed by atoms with van der Waals surface area (Å²) in [6.07, 6.45) is 21.4. The quantitative estimate of drug-likeness (QED) is 0.0811. The number of anilines is 1. The lowest BCUT2D eigenvalue weighted by Crippen LogP contribution is -2.24. The highest BCUT2D eigenvalue weighted by Gasteiger charge is 2.18. The third-order valence-corrected chi connectivity index (χ3v) is 10.6. The van der Waals surface area contributed by atoms with Gasteiger partial charge in [-0.2, -0.15) is 0 Å². The maximum absolute atomic E-state index is 11.9. The minimum absolute atomic E-state index is 0.0371. The number of hydrogen-bond donors (Lipinski definition) is 2. The first-order chi connectivity index (χ1) is 17.5. The maximum Gasteiger partial charge on any atom is 0.338 e. The van der Waals surface area contributed by atoms with Crippen LogP contribution in [0.4, 0.5) is 5.69 Å². The third-order valence-electron chi connectivity index (χ3n) is 7.22. The smallest absolute Gasteiger partial charge is 0.338 e. The van der Waals surface area contributed by atoms with E-state index >= 15 is 0 Å². The molecule has 2 N–H and O–H groups in total. The van der Waals surface area contributed by atoms with Crippen LogP contribution in [0.3, 0.4) is 0 Å². The Hall–Kier alpha value is -1.33. The lowest BCUT2D eigenvalue weighted by Gasteiger charge is -2.22. The van der Waals surface area contributed by atoms with E-state index in [1.165, 1.54) is 102 Å². The van der Waals surface area contributed by atoms with Crippen LogP contribution >= 0.6 is 0 Å². The van der Waals surface area contributed by atoms with Gasteiger partial charge in [0.1, 0.15) is 0 Å². The van der Waals surface area contributed by atoms with Gasteiger partial charge in [-0.25, -0.2) is 4.79 Å². The number of esters is 1. The number of aliphatic hydroxyl groups is 1. The molecule has 0 spiro atoms. The summed E-state index contributed by atoms with van der Waals surface area (Å²) in [6, 6.07) is 10.5. The number of ether oxygens (including phenoxy) is 1. The van der Waals surface area contributed by atoms with Crippen LogP contribution in [0.25, 0.3) is 0 Å². The molecule has 0 aromatic heterocycles. The van der Waals surface area contributed by atoms with Crippen molar-refractivity contribution in [2.75, 3.05) is 25.1 Å². The Morgan fingerprint density at radius 1 is 0.750 bits per heavy atom. The van der Waals surface area contributed by atoms with Gasteiger partial charge >= 0.3 is 5.97 Å². The first-order valence-corrected chi connectivity index (χ1v) is 18.5. The van der Waals surface area contributed by atoms with Crippen molar-refractivity contribution in [1.29, 1.82) is 0 Å². The molecule has 36 heavy (non-hydrogen) atoms. The average molecular weight is 520 g/mol. The molecule has 208 valence electrons. The molecule has 0 bridgehead atoms. The lowest BCUT2D eigenvalue weighted by atomic mass is 10.1. The predicted octanol–water partition coefficient (Wildman–Crippen LogP) is 9.22. The fraction of sp³-hybridized carbons (Fsp3) is 0.774.